The van der Waals surface area contributed by atoms with Crippen LogP contribution in [0.5, 0.6) is 0 Å². The maximum Gasteiger partial charge on any atom is 0.0704 e. The van der Waals surface area contributed by atoms with Gasteiger partial charge in [-0.05, 0) is 23.9 Å². The van der Waals surface area contributed by atoms with Gasteiger partial charge in [0.2, 0.25) is 0 Å². The first kappa shape index (κ1) is 15.7. The summed E-state index contributed by atoms with van der Waals surface area (Å²) in [6, 6.07) is 1.65. The lowest BCUT2D eigenvalue weighted by atomic mass is 10.2. The van der Waals surface area contributed by atoms with Crippen LogP contribution in [0.15, 0.2) is 5.10 Å². The van der Waals surface area contributed by atoms with E-state index in [0.29, 0.717) is 11.1 Å². The number of ether oxygens (including phenoxy) is 1. The molecule has 3 nitrogen and oxygen atoms in total. The predicted octanol–water partition coefficient (Wildman–Crippen LogP) is 3.59. The Balaban J connectivity index is 2.50. The molecule has 0 bridgehead atoms. The summed E-state index contributed by atoms with van der Waals surface area (Å²) in [5.74, 6) is 0. The number of nitrogens with zero attached hydrogens (tertiary/aromatic N) is 2. The van der Waals surface area contributed by atoms with E-state index in [1.54, 1.807) is 7.11 Å². The second-order valence-electron chi connectivity index (χ2n) is 7.05. The number of hydrogen-bond donors (Lipinski definition) is 0. The normalized spacial score (nSPS) is 22.1. The van der Waals surface area contributed by atoms with E-state index in [9.17, 15) is 0 Å². The smallest absolute Gasteiger partial charge is 0.0704 e. The third kappa shape index (κ3) is 4.09. The van der Waals surface area contributed by atoms with Crippen molar-refractivity contribution in [3.63, 3.8) is 0 Å². The van der Waals surface area contributed by atoms with E-state index in [4.69, 9.17) is 4.74 Å². The Morgan fingerprint density at radius 2 is 2.06 bits per heavy atom. The molecule has 1 heterocycles. The standard InChI is InChI=1S/C14H30N2OSi/c1-14(2,3)18(5,6)11-9-15-16-10-7-8-13(16)12-17-4/h9,13H,7-8,10-12H2,1-6H3/b15-9+/t13-/m0/s1. The van der Waals surface area contributed by atoms with E-state index in [0.717, 1.165) is 19.2 Å². The fraction of sp³-hybridized carbons (Fsp3) is 0.929. The Hall–Kier alpha value is -0.353. The topological polar surface area (TPSA) is 24.8 Å². The third-order valence-corrected chi connectivity index (χ3v) is 9.83. The first-order chi connectivity index (χ1) is 8.28. The zero-order valence-corrected chi connectivity index (χ0v) is 14.0. The quantitative estimate of drug-likeness (QED) is 0.563. The molecule has 4 heteroatoms. The fourth-order valence-electron chi connectivity index (χ4n) is 2.01. The molecule has 0 unspecified atom stereocenters. The van der Waals surface area contributed by atoms with Crippen LogP contribution in [0.25, 0.3) is 0 Å². The minimum Gasteiger partial charge on any atom is -0.382 e. The maximum atomic E-state index is 5.25. The van der Waals surface area contributed by atoms with Crippen LogP contribution in [-0.2, 0) is 4.74 Å². The van der Waals surface area contributed by atoms with Crippen LogP contribution < -0.4 is 0 Å². The average molecular weight is 270 g/mol. The monoisotopic (exact) mass is 270 g/mol. The predicted molar refractivity (Wildman–Crippen MR) is 82.1 cm³/mol. The van der Waals surface area contributed by atoms with Crippen molar-refractivity contribution in [3.05, 3.63) is 0 Å². The summed E-state index contributed by atoms with van der Waals surface area (Å²) in [7, 11) is 0.549. The largest absolute Gasteiger partial charge is 0.382 e. The van der Waals surface area contributed by atoms with Crippen molar-refractivity contribution < 1.29 is 4.74 Å². The molecule has 0 aromatic heterocycles. The molecule has 1 atom stereocenters. The van der Waals surface area contributed by atoms with Gasteiger partial charge in [0.15, 0.2) is 0 Å². The summed E-state index contributed by atoms with van der Waals surface area (Å²) in [5, 5.41) is 7.34. The van der Waals surface area contributed by atoms with Crippen molar-refractivity contribution in [1.82, 2.24) is 5.01 Å². The lowest BCUT2D eigenvalue weighted by Gasteiger charge is -2.36. The van der Waals surface area contributed by atoms with Crippen LogP contribution in [0.1, 0.15) is 33.6 Å². The van der Waals surface area contributed by atoms with Gasteiger partial charge in [0.1, 0.15) is 0 Å². The number of methoxy groups -OCH3 is 1. The van der Waals surface area contributed by atoms with Gasteiger partial charge in [-0.1, -0.05) is 33.9 Å². The van der Waals surface area contributed by atoms with Gasteiger partial charge in [-0.2, -0.15) is 5.10 Å². The van der Waals surface area contributed by atoms with Gasteiger partial charge in [0, 0.05) is 19.9 Å². The highest BCUT2D eigenvalue weighted by atomic mass is 28.3. The van der Waals surface area contributed by atoms with Gasteiger partial charge < -0.3 is 4.74 Å². The molecule has 0 spiro atoms. The Kier molecular flexibility index (Phi) is 5.41. The summed E-state index contributed by atoms with van der Waals surface area (Å²) in [5.41, 5.74) is 0. The van der Waals surface area contributed by atoms with E-state index in [1.165, 1.54) is 12.8 Å². The average Bonchev–Trinajstić information content (AvgIpc) is 2.64. The molecule has 1 fully saturated rings. The summed E-state index contributed by atoms with van der Waals surface area (Å²) in [4.78, 5) is 0. The molecule has 0 amide bonds. The molecule has 18 heavy (non-hydrogen) atoms. The first-order valence-electron chi connectivity index (χ1n) is 7.06. The van der Waals surface area contributed by atoms with Crippen molar-refractivity contribution in [2.75, 3.05) is 20.3 Å². The lowest BCUT2D eigenvalue weighted by Crippen LogP contribution is -2.37. The Bertz CT molecular complexity index is 284. The summed E-state index contributed by atoms with van der Waals surface area (Å²) >= 11 is 0. The lowest BCUT2D eigenvalue weighted by molar-refractivity contribution is 0.118. The molecule has 1 rings (SSSR count). The summed E-state index contributed by atoms with van der Waals surface area (Å²) < 4.78 is 5.25. The molecule has 0 saturated carbocycles. The molecule has 0 radical (unpaired) electrons. The second-order valence-corrected chi connectivity index (χ2v) is 12.7. The highest BCUT2D eigenvalue weighted by Gasteiger charge is 2.34. The van der Waals surface area contributed by atoms with Gasteiger partial charge >= 0.3 is 0 Å². The second kappa shape index (κ2) is 6.20. The minimum absolute atomic E-state index is 0.440. The van der Waals surface area contributed by atoms with E-state index >= 15 is 0 Å². The van der Waals surface area contributed by atoms with E-state index in [2.05, 4.69) is 50.2 Å². The number of hydrazone groups is 1. The van der Waals surface area contributed by atoms with Gasteiger partial charge in [0.05, 0.1) is 20.7 Å². The fourth-order valence-corrected chi connectivity index (χ4v) is 3.16. The van der Waals surface area contributed by atoms with Gasteiger partial charge in [-0.3, -0.25) is 5.01 Å². The van der Waals surface area contributed by atoms with Gasteiger partial charge in [0.25, 0.3) is 0 Å². The highest BCUT2D eigenvalue weighted by molar-refractivity contribution is 6.82. The SMILES string of the molecule is COC[C@@H]1CCCN1/N=C/C[Si](C)(C)C(C)(C)C. The van der Waals surface area contributed by atoms with Crippen molar-refractivity contribution in [3.8, 4) is 0 Å². The maximum absolute atomic E-state index is 5.25. The van der Waals surface area contributed by atoms with Crippen molar-refractivity contribution in [2.24, 2.45) is 5.10 Å². The first-order valence-corrected chi connectivity index (χ1v) is 10.3. The molecule has 0 aliphatic carbocycles. The van der Waals surface area contributed by atoms with Crippen molar-refractivity contribution in [2.45, 2.75) is 63.8 Å². The van der Waals surface area contributed by atoms with Crippen LogP contribution in [0, 0.1) is 0 Å². The zero-order chi connectivity index (χ0) is 13.8. The number of hydrogen-bond acceptors (Lipinski definition) is 3. The van der Waals surface area contributed by atoms with Crippen LogP contribution in [0.3, 0.4) is 0 Å². The Morgan fingerprint density at radius 3 is 2.61 bits per heavy atom. The van der Waals surface area contributed by atoms with Crippen molar-refractivity contribution in [1.29, 1.82) is 0 Å². The zero-order valence-electron chi connectivity index (χ0n) is 13.0. The molecular weight excluding hydrogens is 240 g/mol. The van der Waals surface area contributed by atoms with Crippen LogP contribution >= 0.6 is 0 Å². The molecule has 0 aromatic carbocycles. The highest BCUT2D eigenvalue weighted by Crippen LogP contribution is 2.37. The summed E-state index contributed by atoms with van der Waals surface area (Å²) in [6.45, 7) is 13.9. The molecule has 106 valence electrons. The Morgan fingerprint density at radius 1 is 1.39 bits per heavy atom. The van der Waals surface area contributed by atoms with E-state index in [1.807, 2.05) is 0 Å². The number of rotatable bonds is 5. The molecule has 0 aromatic rings. The third-order valence-electron chi connectivity index (χ3n) is 4.57. The van der Waals surface area contributed by atoms with E-state index < -0.39 is 8.07 Å². The van der Waals surface area contributed by atoms with Crippen LogP contribution in [0.4, 0.5) is 0 Å². The summed E-state index contributed by atoms with van der Waals surface area (Å²) in [6.07, 6.45) is 4.61. The molecular formula is C14H30N2OSi. The molecule has 1 saturated heterocycles. The molecule has 0 N–H and O–H groups in total. The van der Waals surface area contributed by atoms with E-state index in [-0.39, 0.29) is 0 Å². The minimum atomic E-state index is -1.22. The van der Waals surface area contributed by atoms with Crippen LogP contribution in [0.2, 0.25) is 24.2 Å². The Labute approximate surface area is 114 Å². The molecule has 1 aliphatic rings. The van der Waals surface area contributed by atoms with Crippen molar-refractivity contribution >= 4 is 14.3 Å². The van der Waals surface area contributed by atoms with Gasteiger partial charge in [-0.25, -0.2) is 0 Å². The van der Waals surface area contributed by atoms with Crippen LogP contribution in [-0.4, -0.2) is 45.6 Å². The van der Waals surface area contributed by atoms with Gasteiger partial charge in [-0.15, -0.1) is 0 Å². The molecule has 1 aliphatic heterocycles.